The number of benzene rings is 1. The SMILES string of the molecule is Cc1nc(Nc2ccccc2)cc(C(=O)NC2CCCC2)n1. The van der Waals surface area contributed by atoms with Crippen molar-refractivity contribution >= 4 is 17.4 Å². The van der Waals surface area contributed by atoms with E-state index in [2.05, 4.69) is 20.6 Å². The van der Waals surface area contributed by atoms with E-state index in [9.17, 15) is 4.79 Å². The molecule has 1 amide bonds. The topological polar surface area (TPSA) is 66.9 Å². The van der Waals surface area contributed by atoms with Gasteiger partial charge in [-0.25, -0.2) is 9.97 Å². The Bertz CT molecular complexity index is 651. The first-order chi connectivity index (χ1) is 10.7. The van der Waals surface area contributed by atoms with Crippen LogP contribution in [0.15, 0.2) is 36.4 Å². The molecular formula is C17H20N4O. The highest BCUT2D eigenvalue weighted by Crippen LogP contribution is 2.19. The van der Waals surface area contributed by atoms with Crippen molar-refractivity contribution < 1.29 is 4.79 Å². The second-order valence-corrected chi connectivity index (χ2v) is 5.63. The van der Waals surface area contributed by atoms with Crippen molar-refractivity contribution in [1.82, 2.24) is 15.3 Å². The number of hydrogen-bond acceptors (Lipinski definition) is 4. The van der Waals surface area contributed by atoms with Crippen molar-refractivity contribution in [3.63, 3.8) is 0 Å². The maximum atomic E-state index is 12.3. The maximum absolute atomic E-state index is 12.3. The van der Waals surface area contributed by atoms with Gasteiger partial charge in [0.2, 0.25) is 0 Å². The van der Waals surface area contributed by atoms with Gasteiger partial charge in [-0.3, -0.25) is 4.79 Å². The van der Waals surface area contributed by atoms with E-state index in [1.54, 1.807) is 13.0 Å². The van der Waals surface area contributed by atoms with E-state index >= 15 is 0 Å². The summed E-state index contributed by atoms with van der Waals surface area (Å²) in [6.07, 6.45) is 4.50. The van der Waals surface area contributed by atoms with Crippen LogP contribution < -0.4 is 10.6 Å². The predicted molar refractivity (Wildman–Crippen MR) is 86.2 cm³/mol. The predicted octanol–water partition coefficient (Wildman–Crippen LogP) is 3.20. The number of para-hydroxylation sites is 1. The summed E-state index contributed by atoms with van der Waals surface area (Å²) in [5.74, 6) is 1.10. The Labute approximate surface area is 130 Å². The van der Waals surface area contributed by atoms with E-state index in [0.29, 0.717) is 17.3 Å². The van der Waals surface area contributed by atoms with Gasteiger partial charge in [-0.2, -0.15) is 0 Å². The van der Waals surface area contributed by atoms with Crippen LogP contribution in [0.5, 0.6) is 0 Å². The van der Waals surface area contributed by atoms with Crippen molar-refractivity contribution in [1.29, 1.82) is 0 Å². The van der Waals surface area contributed by atoms with Gasteiger partial charge in [0.25, 0.3) is 5.91 Å². The molecule has 1 aliphatic rings. The molecule has 1 fully saturated rings. The van der Waals surface area contributed by atoms with E-state index < -0.39 is 0 Å². The molecule has 0 radical (unpaired) electrons. The van der Waals surface area contributed by atoms with Crippen molar-refractivity contribution in [2.45, 2.75) is 38.6 Å². The average Bonchev–Trinajstić information content (AvgIpc) is 3.00. The van der Waals surface area contributed by atoms with Crippen molar-refractivity contribution in [2.24, 2.45) is 0 Å². The van der Waals surface area contributed by atoms with Gasteiger partial charge in [-0.15, -0.1) is 0 Å². The Morgan fingerprint density at radius 2 is 1.86 bits per heavy atom. The fourth-order valence-electron chi connectivity index (χ4n) is 2.75. The van der Waals surface area contributed by atoms with E-state index in [1.165, 1.54) is 12.8 Å². The van der Waals surface area contributed by atoms with E-state index in [-0.39, 0.29) is 11.9 Å². The Kier molecular flexibility index (Phi) is 4.32. The first-order valence-corrected chi connectivity index (χ1v) is 7.69. The highest BCUT2D eigenvalue weighted by molar-refractivity contribution is 5.93. The fraction of sp³-hybridized carbons (Fsp3) is 0.353. The summed E-state index contributed by atoms with van der Waals surface area (Å²) in [6.45, 7) is 1.79. The maximum Gasteiger partial charge on any atom is 0.270 e. The summed E-state index contributed by atoms with van der Waals surface area (Å²) in [4.78, 5) is 20.9. The molecule has 5 heteroatoms. The quantitative estimate of drug-likeness (QED) is 0.909. The molecule has 3 rings (SSSR count). The van der Waals surface area contributed by atoms with Crippen LogP contribution in [0, 0.1) is 6.92 Å². The number of carbonyl (C=O) groups excluding carboxylic acids is 1. The second-order valence-electron chi connectivity index (χ2n) is 5.63. The molecule has 1 heterocycles. The Morgan fingerprint density at radius 3 is 2.59 bits per heavy atom. The highest BCUT2D eigenvalue weighted by atomic mass is 16.1. The van der Waals surface area contributed by atoms with Crippen LogP contribution in [0.3, 0.4) is 0 Å². The first kappa shape index (κ1) is 14.5. The van der Waals surface area contributed by atoms with Crippen molar-refractivity contribution in [3.8, 4) is 0 Å². The number of rotatable bonds is 4. The number of nitrogens with zero attached hydrogens (tertiary/aromatic N) is 2. The molecule has 0 aliphatic heterocycles. The normalized spacial score (nSPS) is 14.8. The lowest BCUT2D eigenvalue weighted by molar-refractivity contribution is 0.0932. The van der Waals surface area contributed by atoms with Gasteiger partial charge in [0.05, 0.1) is 0 Å². The zero-order chi connectivity index (χ0) is 15.4. The van der Waals surface area contributed by atoms with E-state index in [1.807, 2.05) is 30.3 Å². The van der Waals surface area contributed by atoms with Crippen LogP contribution in [0.2, 0.25) is 0 Å². The van der Waals surface area contributed by atoms with Crippen molar-refractivity contribution in [3.05, 3.63) is 47.9 Å². The monoisotopic (exact) mass is 296 g/mol. The van der Waals surface area contributed by atoms with Gasteiger partial charge in [0.1, 0.15) is 17.3 Å². The van der Waals surface area contributed by atoms with Crippen LogP contribution in [-0.4, -0.2) is 21.9 Å². The minimum atomic E-state index is -0.117. The fourth-order valence-corrected chi connectivity index (χ4v) is 2.75. The summed E-state index contributed by atoms with van der Waals surface area (Å²) in [5, 5.41) is 6.26. The lowest BCUT2D eigenvalue weighted by atomic mass is 10.2. The molecule has 1 saturated carbocycles. The Morgan fingerprint density at radius 1 is 1.14 bits per heavy atom. The second kappa shape index (κ2) is 6.56. The molecule has 0 spiro atoms. The Hall–Kier alpha value is -2.43. The minimum absolute atomic E-state index is 0.117. The van der Waals surface area contributed by atoms with Gasteiger partial charge in [-0.05, 0) is 31.9 Å². The van der Waals surface area contributed by atoms with Crippen molar-refractivity contribution in [2.75, 3.05) is 5.32 Å². The molecule has 1 aromatic carbocycles. The molecule has 114 valence electrons. The smallest absolute Gasteiger partial charge is 0.270 e. The summed E-state index contributed by atoms with van der Waals surface area (Å²) in [7, 11) is 0. The molecule has 0 atom stereocenters. The average molecular weight is 296 g/mol. The van der Waals surface area contributed by atoms with Crippen LogP contribution in [0.1, 0.15) is 42.0 Å². The van der Waals surface area contributed by atoms with E-state index in [4.69, 9.17) is 0 Å². The number of aryl methyl sites for hydroxylation is 1. The first-order valence-electron chi connectivity index (χ1n) is 7.69. The molecule has 1 aliphatic carbocycles. The van der Waals surface area contributed by atoms with Crippen LogP contribution in [0.4, 0.5) is 11.5 Å². The molecule has 2 aromatic rings. The number of hydrogen-bond donors (Lipinski definition) is 2. The molecule has 0 saturated heterocycles. The third kappa shape index (κ3) is 3.61. The third-order valence-corrected chi connectivity index (χ3v) is 3.81. The van der Waals surface area contributed by atoms with Gasteiger partial charge in [0.15, 0.2) is 0 Å². The molecule has 1 aromatic heterocycles. The lowest BCUT2D eigenvalue weighted by Gasteiger charge is -2.12. The lowest BCUT2D eigenvalue weighted by Crippen LogP contribution is -2.33. The minimum Gasteiger partial charge on any atom is -0.348 e. The van der Waals surface area contributed by atoms with Gasteiger partial charge >= 0.3 is 0 Å². The summed E-state index contributed by atoms with van der Waals surface area (Å²) >= 11 is 0. The summed E-state index contributed by atoms with van der Waals surface area (Å²) < 4.78 is 0. The number of anilines is 2. The highest BCUT2D eigenvalue weighted by Gasteiger charge is 2.19. The molecule has 2 N–H and O–H groups in total. The third-order valence-electron chi connectivity index (χ3n) is 3.81. The van der Waals surface area contributed by atoms with Crippen LogP contribution >= 0.6 is 0 Å². The van der Waals surface area contributed by atoms with Crippen LogP contribution in [0.25, 0.3) is 0 Å². The number of nitrogens with one attached hydrogen (secondary N) is 2. The Balaban J connectivity index is 1.75. The van der Waals surface area contributed by atoms with Gasteiger partial charge in [-0.1, -0.05) is 31.0 Å². The summed E-state index contributed by atoms with van der Waals surface area (Å²) in [5.41, 5.74) is 1.35. The number of amides is 1. The van der Waals surface area contributed by atoms with E-state index in [0.717, 1.165) is 18.5 Å². The molecule has 22 heavy (non-hydrogen) atoms. The zero-order valence-corrected chi connectivity index (χ0v) is 12.7. The number of carbonyl (C=O) groups is 1. The van der Waals surface area contributed by atoms with Gasteiger partial charge in [0, 0.05) is 17.8 Å². The molecule has 0 unspecified atom stereocenters. The largest absolute Gasteiger partial charge is 0.348 e. The standard InChI is InChI=1S/C17H20N4O/c1-12-18-15(17(22)21-14-9-5-6-10-14)11-16(19-12)20-13-7-3-2-4-8-13/h2-4,7-8,11,14H,5-6,9-10H2,1H3,(H,21,22)(H,18,19,20). The molecular weight excluding hydrogens is 276 g/mol. The summed E-state index contributed by atoms with van der Waals surface area (Å²) in [6, 6.07) is 11.7. The molecule has 5 nitrogen and oxygen atoms in total. The zero-order valence-electron chi connectivity index (χ0n) is 12.7. The van der Waals surface area contributed by atoms with Gasteiger partial charge < -0.3 is 10.6 Å². The van der Waals surface area contributed by atoms with Crippen LogP contribution in [-0.2, 0) is 0 Å². The molecule has 0 bridgehead atoms. The number of aromatic nitrogens is 2.